The number of ether oxygens (including phenoxy) is 2. The Bertz CT molecular complexity index is 856. The van der Waals surface area contributed by atoms with Crippen molar-refractivity contribution in [2.75, 3.05) is 6.61 Å². The molecule has 0 aromatic carbocycles. The number of allylic oxidation sites excluding steroid dienone is 1. The van der Waals surface area contributed by atoms with Gasteiger partial charge in [0, 0.05) is 0 Å². The highest BCUT2D eigenvalue weighted by molar-refractivity contribution is 5.25. The first-order valence-electron chi connectivity index (χ1n) is 16.0. The van der Waals surface area contributed by atoms with E-state index in [2.05, 4.69) is 47.6 Å². The van der Waals surface area contributed by atoms with E-state index >= 15 is 0 Å². The normalized spacial score (nSPS) is 48.6. The lowest BCUT2D eigenvalue weighted by atomic mass is 9.47. The Kier molecular flexibility index (Phi) is 8.47. The van der Waals surface area contributed by atoms with E-state index in [9.17, 15) is 15.3 Å². The summed E-state index contributed by atoms with van der Waals surface area (Å²) in [5, 5.41) is 30.2. The Hall–Kier alpha value is -0.460. The SMILES string of the molecule is CC(C)C(C)CC[C@@H](C)[C@H]1CC[C@H]2[C@@H]3CC=C4C[C@@H](O[C@@H]5OC[C@H](O)[C@@H](O)[C@@H]5O)CC[C@]4(C)[C@H]3CC[C@]12C. The Morgan fingerprint density at radius 1 is 0.947 bits per heavy atom. The molecule has 1 aliphatic heterocycles. The maximum absolute atomic E-state index is 10.4. The number of hydrogen-bond donors (Lipinski definition) is 3. The van der Waals surface area contributed by atoms with Gasteiger partial charge >= 0.3 is 0 Å². The molecule has 5 nitrogen and oxygen atoms in total. The van der Waals surface area contributed by atoms with Crippen LogP contribution in [0.3, 0.4) is 0 Å². The molecule has 0 bridgehead atoms. The van der Waals surface area contributed by atoms with Crippen LogP contribution in [-0.4, -0.2) is 52.6 Å². The van der Waals surface area contributed by atoms with Crippen LogP contribution < -0.4 is 0 Å². The van der Waals surface area contributed by atoms with Crippen molar-refractivity contribution in [3.8, 4) is 0 Å². The van der Waals surface area contributed by atoms with Crippen molar-refractivity contribution in [1.82, 2.24) is 0 Å². The molecule has 4 fully saturated rings. The van der Waals surface area contributed by atoms with Gasteiger partial charge in [-0.05, 0) is 104 Å². The van der Waals surface area contributed by atoms with Crippen LogP contribution in [0.2, 0.25) is 0 Å². The van der Waals surface area contributed by atoms with Crippen LogP contribution in [-0.2, 0) is 9.47 Å². The lowest BCUT2D eigenvalue weighted by molar-refractivity contribution is -0.284. The van der Waals surface area contributed by atoms with Crippen LogP contribution in [0.4, 0.5) is 0 Å². The highest BCUT2D eigenvalue weighted by Gasteiger charge is 2.59. The molecular weight excluding hydrogens is 476 g/mol. The van der Waals surface area contributed by atoms with Gasteiger partial charge in [0.25, 0.3) is 0 Å². The molecule has 0 spiro atoms. The van der Waals surface area contributed by atoms with E-state index in [0.717, 1.165) is 60.7 Å². The molecule has 1 unspecified atom stereocenters. The van der Waals surface area contributed by atoms with Gasteiger partial charge in [-0.3, -0.25) is 0 Å². The Balaban J connectivity index is 1.24. The van der Waals surface area contributed by atoms with Gasteiger partial charge < -0.3 is 24.8 Å². The van der Waals surface area contributed by atoms with E-state index in [1.165, 1.54) is 44.9 Å². The van der Waals surface area contributed by atoms with Crippen molar-refractivity contribution < 1.29 is 24.8 Å². The smallest absolute Gasteiger partial charge is 0.186 e. The highest BCUT2D eigenvalue weighted by atomic mass is 16.7. The third-order valence-electron chi connectivity index (χ3n) is 12.8. The first kappa shape index (κ1) is 29.0. The lowest BCUT2D eigenvalue weighted by Crippen LogP contribution is -2.55. The van der Waals surface area contributed by atoms with Gasteiger partial charge in [-0.15, -0.1) is 0 Å². The number of fused-ring (bicyclic) bond motifs is 5. The zero-order valence-electron chi connectivity index (χ0n) is 24.9. The molecule has 5 aliphatic rings. The third-order valence-corrected chi connectivity index (χ3v) is 12.8. The Labute approximate surface area is 231 Å². The maximum atomic E-state index is 10.4. The molecule has 5 heteroatoms. The second kappa shape index (κ2) is 11.1. The minimum Gasteiger partial charge on any atom is -0.388 e. The predicted octanol–water partition coefficient (Wildman–Crippen LogP) is 6.10. The minimum absolute atomic E-state index is 0.00367. The molecule has 3 saturated carbocycles. The zero-order valence-corrected chi connectivity index (χ0v) is 24.9. The second-order valence-corrected chi connectivity index (χ2v) is 15.0. The van der Waals surface area contributed by atoms with Crippen LogP contribution in [0.1, 0.15) is 106 Å². The summed E-state index contributed by atoms with van der Waals surface area (Å²) in [6, 6.07) is 0. The predicted molar refractivity (Wildman–Crippen MR) is 150 cm³/mol. The fourth-order valence-corrected chi connectivity index (χ4v) is 9.87. The highest BCUT2D eigenvalue weighted by Crippen LogP contribution is 2.67. The number of rotatable bonds is 7. The zero-order chi connectivity index (χ0) is 27.4. The van der Waals surface area contributed by atoms with E-state index < -0.39 is 24.6 Å². The fraction of sp³-hybridized carbons (Fsp3) is 0.939. The van der Waals surface area contributed by atoms with Gasteiger partial charge in [-0.1, -0.05) is 66.0 Å². The molecule has 4 aliphatic carbocycles. The summed E-state index contributed by atoms with van der Waals surface area (Å²) in [6.45, 7) is 14.9. The average molecular weight is 533 g/mol. The largest absolute Gasteiger partial charge is 0.388 e. The van der Waals surface area contributed by atoms with Crippen LogP contribution in [0.5, 0.6) is 0 Å². The summed E-state index contributed by atoms with van der Waals surface area (Å²) in [4.78, 5) is 0. The molecule has 1 saturated heterocycles. The van der Waals surface area contributed by atoms with Crippen LogP contribution >= 0.6 is 0 Å². The number of aliphatic hydroxyl groups excluding tert-OH is 3. The monoisotopic (exact) mass is 532 g/mol. The van der Waals surface area contributed by atoms with E-state index in [1.54, 1.807) is 5.57 Å². The Morgan fingerprint density at radius 3 is 2.45 bits per heavy atom. The molecule has 0 amide bonds. The van der Waals surface area contributed by atoms with Gasteiger partial charge in [0.1, 0.15) is 18.3 Å². The van der Waals surface area contributed by atoms with Gasteiger partial charge in [-0.25, -0.2) is 0 Å². The van der Waals surface area contributed by atoms with Crippen LogP contribution in [0.25, 0.3) is 0 Å². The first-order chi connectivity index (χ1) is 18.0. The summed E-state index contributed by atoms with van der Waals surface area (Å²) < 4.78 is 11.7. The minimum atomic E-state index is -1.22. The van der Waals surface area contributed by atoms with Crippen molar-refractivity contribution in [3.05, 3.63) is 11.6 Å². The quantitative estimate of drug-likeness (QED) is 0.345. The van der Waals surface area contributed by atoms with Gasteiger partial charge in [-0.2, -0.15) is 0 Å². The Morgan fingerprint density at radius 2 is 1.71 bits per heavy atom. The van der Waals surface area contributed by atoms with Crippen molar-refractivity contribution >= 4 is 0 Å². The number of hydrogen-bond acceptors (Lipinski definition) is 5. The summed E-state index contributed by atoms with van der Waals surface area (Å²) in [6.07, 6.45) is 10.7. The van der Waals surface area contributed by atoms with Crippen LogP contribution in [0, 0.1) is 52.3 Å². The van der Waals surface area contributed by atoms with Gasteiger partial charge in [0.05, 0.1) is 12.7 Å². The van der Waals surface area contributed by atoms with E-state index in [1.807, 2.05) is 0 Å². The van der Waals surface area contributed by atoms with Crippen molar-refractivity contribution in [2.45, 2.75) is 136 Å². The summed E-state index contributed by atoms with van der Waals surface area (Å²) in [5.74, 6) is 5.76. The molecule has 0 aromatic rings. The van der Waals surface area contributed by atoms with E-state index in [0.29, 0.717) is 5.41 Å². The second-order valence-electron chi connectivity index (χ2n) is 15.0. The van der Waals surface area contributed by atoms with Crippen LogP contribution in [0.15, 0.2) is 11.6 Å². The lowest BCUT2D eigenvalue weighted by Gasteiger charge is -2.58. The molecular formula is C33H56O5. The number of aliphatic hydroxyl groups is 3. The molecule has 0 radical (unpaired) electrons. The summed E-state index contributed by atoms with van der Waals surface area (Å²) in [7, 11) is 0. The van der Waals surface area contributed by atoms with Crippen molar-refractivity contribution in [2.24, 2.45) is 52.3 Å². The van der Waals surface area contributed by atoms with Gasteiger partial charge in [0.2, 0.25) is 0 Å². The van der Waals surface area contributed by atoms with E-state index in [-0.39, 0.29) is 18.1 Å². The fourth-order valence-electron chi connectivity index (χ4n) is 9.87. The molecule has 13 atom stereocenters. The molecule has 218 valence electrons. The van der Waals surface area contributed by atoms with Gasteiger partial charge in [0.15, 0.2) is 6.29 Å². The molecule has 38 heavy (non-hydrogen) atoms. The maximum Gasteiger partial charge on any atom is 0.186 e. The molecule has 3 N–H and O–H groups in total. The summed E-state index contributed by atoms with van der Waals surface area (Å²) >= 11 is 0. The first-order valence-corrected chi connectivity index (χ1v) is 16.0. The third kappa shape index (κ3) is 5.06. The molecule has 1 heterocycles. The summed E-state index contributed by atoms with van der Waals surface area (Å²) in [5.41, 5.74) is 2.31. The molecule has 0 aromatic heterocycles. The topological polar surface area (TPSA) is 79.2 Å². The molecule has 5 rings (SSSR count). The van der Waals surface area contributed by atoms with E-state index in [4.69, 9.17) is 9.47 Å². The average Bonchev–Trinajstić information content (AvgIpc) is 3.24. The van der Waals surface area contributed by atoms with Crippen molar-refractivity contribution in [3.63, 3.8) is 0 Å². The standard InChI is InChI=1S/C33H56O5/c1-19(2)20(3)7-8-21(4)25-11-12-26-24-10-9-22-17-23(38-31-30(36)29(35)28(34)18-37-31)13-15-32(22,5)27(24)14-16-33(25,26)6/h9,19-21,23-31,34-36H,7-8,10-18H2,1-6H3/t20?,21-,23+,24+,25-,26+,27+,28+,29-,30+,31+,32+,33-/m1/s1. The van der Waals surface area contributed by atoms with Crippen molar-refractivity contribution in [1.29, 1.82) is 0 Å².